The average molecular weight is 389 g/mol. The number of carbonyl (C=O) groups is 2. The van der Waals surface area contributed by atoms with Crippen molar-refractivity contribution in [3.63, 3.8) is 0 Å². The van der Waals surface area contributed by atoms with Crippen LogP contribution in [0.1, 0.15) is 17.8 Å². The summed E-state index contributed by atoms with van der Waals surface area (Å²) in [6.45, 7) is 2.60. The van der Waals surface area contributed by atoms with Crippen molar-refractivity contribution in [3.8, 4) is 0 Å². The van der Waals surface area contributed by atoms with Gasteiger partial charge >= 0.3 is 0 Å². The maximum atomic E-state index is 12.4. The fourth-order valence-corrected chi connectivity index (χ4v) is 3.09. The van der Waals surface area contributed by atoms with Crippen LogP contribution in [0.25, 0.3) is 0 Å². The molecule has 0 radical (unpaired) electrons. The summed E-state index contributed by atoms with van der Waals surface area (Å²) in [6.07, 6.45) is 1.70. The monoisotopic (exact) mass is 388 g/mol. The largest absolute Gasteiger partial charge is 0.350 e. The molecule has 1 aliphatic rings. The summed E-state index contributed by atoms with van der Waals surface area (Å²) in [6, 6.07) is 9.35. The predicted molar refractivity (Wildman–Crippen MR) is 93.2 cm³/mol. The second-order valence-corrected chi connectivity index (χ2v) is 6.67. The Kier molecular flexibility index (Phi) is 4.89. The summed E-state index contributed by atoms with van der Waals surface area (Å²) >= 11 is 3.40. The first-order chi connectivity index (χ1) is 11.5. The van der Waals surface area contributed by atoms with Gasteiger partial charge in [0.25, 0.3) is 0 Å². The summed E-state index contributed by atoms with van der Waals surface area (Å²) in [5.41, 5.74) is 2.41. The first-order valence-electron chi connectivity index (χ1n) is 7.64. The third-order valence-electron chi connectivity index (χ3n) is 3.92. The number of hydrogen-bond donors (Lipinski definition) is 1. The van der Waals surface area contributed by atoms with Gasteiger partial charge < -0.3 is 10.2 Å². The summed E-state index contributed by atoms with van der Waals surface area (Å²) < 4.78 is 0.903. The minimum absolute atomic E-state index is 0.0360. The van der Waals surface area contributed by atoms with E-state index in [1.807, 2.05) is 37.3 Å². The molecule has 1 fully saturated rings. The number of nitrogens with zero attached hydrogens (tertiary/aromatic N) is 3. The zero-order chi connectivity index (χ0) is 17.1. The molecule has 124 valence electrons. The minimum Gasteiger partial charge on any atom is -0.350 e. The number of nitrogens with one attached hydrogen (secondary N) is 1. The molecule has 2 aromatic rings. The molecule has 1 aromatic heterocycles. The molecule has 1 N–H and O–H groups in total. The van der Waals surface area contributed by atoms with Crippen molar-refractivity contribution in [2.75, 3.05) is 11.4 Å². The molecule has 2 heterocycles. The van der Waals surface area contributed by atoms with E-state index in [9.17, 15) is 9.59 Å². The molecular weight excluding hydrogens is 372 g/mol. The molecule has 2 amide bonds. The Morgan fingerprint density at radius 3 is 2.96 bits per heavy atom. The van der Waals surface area contributed by atoms with E-state index in [-0.39, 0.29) is 24.2 Å². The molecule has 1 aromatic carbocycles. The number of amides is 2. The molecule has 1 atom stereocenters. The van der Waals surface area contributed by atoms with Gasteiger partial charge in [-0.15, -0.1) is 0 Å². The van der Waals surface area contributed by atoms with Crippen LogP contribution in [0.4, 0.5) is 5.69 Å². The molecule has 0 spiro atoms. The summed E-state index contributed by atoms with van der Waals surface area (Å²) in [5, 5.41) is 2.85. The predicted octanol–water partition coefficient (Wildman–Crippen LogP) is 2.22. The van der Waals surface area contributed by atoms with Crippen LogP contribution in [0.3, 0.4) is 0 Å². The smallest absolute Gasteiger partial charge is 0.227 e. The fraction of sp³-hybridized carbons (Fsp3) is 0.294. The Bertz CT molecular complexity index is 781. The van der Waals surface area contributed by atoms with E-state index in [4.69, 9.17) is 0 Å². The van der Waals surface area contributed by atoms with E-state index in [2.05, 4.69) is 31.2 Å². The number of anilines is 1. The molecule has 1 saturated heterocycles. The number of benzene rings is 1. The second-order valence-electron chi connectivity index (χ2n) is 5.75. The Hall–Kier alpha value is -2.28. The number of aryl methyl sites for hydroxylation is 1. The van der Waals surface area contributed by atoms with E-state index in [0.717, 1.165) is 21.5 Å². The van der Waals surface area contributed by atoms with E-state index < -0.39 is 0 Å². The van der Waals surface area contributed by atoms with Crippen molar-refractivity contribution in [2.45, 2.75) is 19.9 Å². The van der Waals surface area contributed by atoms with Gasteiger partial charge in [0.2, 0.25) is 11.8 Å². The Balaban J connectivity index is 1.61. The van der Waals surface area contributed by atoms with Crippen LogP contribution >= 0.6 is 15.9 Å². The standard InChI is InChI=1S/C17H17BrN4O2/c1-11-5-14(21-10-20-11)8-19-17(24)12-6-16(23)22(9-12)15-4-2-3-13(18)7-15/h2-5,7,10,12H,6,8-9H2,1H3,(H,19,24). The lowest BCUT2D eigenvalue weighted by Gasteiger charge is -2.17. The molecular formula is C17H17BrN4O2. The highest BCUT2D eigenvalue weighted by atomic mass is 79.9. The van der Waals surface area contributed by atoms with Gasteiger partial charge in [-0.25, -0.2) is 9.97 Å². The highest BCUT2D eigenvalue weighted by Crippen LogP contribution is 2.27. The van der Waals surface area contributed by atoms with Crippen molar-refractivity contribution in [2.24, 2.45) is 5.92 Å². The van der Waals surface area contributed by atoms with Crippen LogP contribution in [-0.2, 0) is 16.1 Å². The van der Waals surface area contributed by atoms with Crippen molar-refractivity contribution in [3.05, 3.63) is 52.5 Å². The van der Waals surface area contributed by atoms with Gasteiger partial charge in [0.15, 0.2) is 0 Å². The molecule has 0 saturated carbocycles. The SMILES string of the molecule is Cc1cc(CNC(=O)C2CC(=O)N(c3cccc(Br)c3)C2)ncn1. The van der Waals surface area contributed by atoms with Gasteiger partial charge in [0.05, 0.1) is 18.2 Å². The zero-order valence-corrected chi connectivity index (χ0v) is 14.8. The number of rotatable bonds is 4. The number of hydrogen-bond acceptors (Lipinski definition) is 4. The summed E-state index contributed by atoms with van der Waals surface area (Å²) in [5.74, 6) is -0.511. The average Bonchev–Trinajstić information content (AvgIpc) is 2.95. The van der Waals surface area contributed by atoms with Crippen molar-refractivity contribution >= 4 is 33.4 Å². The van der Waals surface area contributed by atoms with Gasteiger partial charge in [0, 0.05) is 28.8 Å². The highest BCUT2D eigenvalue weighted by Gasteiger charge is 2.35. The third kappa shape index (κ3) is 3.79. The van der Waals surface area contributed by atoms with Crippen molar-refractivity contribution in [1.29, 1.82) is 0 Å². The Morgan fingerprint density at radius 2 is 2.21 bits per heavy atom. The Morgan fingerprint density at radius 1 is 1.38 bits per heavy atom. The minimum atomic E-state index is -0.348. The molecule has 3 rings (SSSR count). The normalized spacial score (nSPS) is 17.2. The molecule has 6 nitrogen and oxygen atoms in total. The van der Waals surface area contributed by atoms with Crippen LogP contribution in [0.2, 0.25) is 0 Å². The fourth-order valence-electron chi connectivity index (χ4n) is 2.71. The first-order valence-corrected chi connectivity index (χ1v) is 8.43. The van der Waals surface area contributed by atoms with Gasteiger partial charge in [-0.3, -0.25) is 9.59 Å². The lowest BCUT2D eigenvalue weighted by molar-refractivity contribution is -0.126. The quantitative estimate of drug-likeness (QED) is 0.870. The van der Waals surface area contributed by atoms with Crippen molar-refractivity contribution < 1.29 is 9.59 Å². The van der Waals surface area contributed by atoms with Gasteiger partial charge in [-0.05, 0) is 31.2 Å². The van der Waals surface area contributed by atoms with Crippen LogP contribution in [0.15, 0.2) is 41.1 Å². The van der Waals surface area contributed by atoms with E-state index in [0.29, 0.717) is 13.1 Å². The second kappa shape index (κ2) is 7.09. The molecule has 0 aliphatic carbocycles. The lowest BCUT2D eigenvalue weighted by atomic mass is 10.1. The van der Waals surface area contributed by atoms with E-state index >= 15 is 0 Å². The maximum Gasteiger partial charge on any atom is 0.227 e. The first kappa shape index (κ1) is 16.6. The van der Waals surface area contributed by atoms with Crippen LogP contribution < -0.4 is 10.2 Å². The number of carbonyl (C=O) groups excluding carboxylic acids is 2. The van der Waals surface area contributed by atoms with Gasteiger partial charge in [0.1, 0.15) is 6.33 Å². The Labute approximate surface area is 148 Å². The lowest BCUT2D eigenvalue weighted by Crippen LogP contribution is -2.32. The molecule has 1 unspecified atom stereocenters. The molecule has 1 aliphatic heterocycles. The third-order valence-corrected chi connectivity index (χ3v) is 4.41. The topological polar surface area (TPSA) is 75.2 Å². The van der Waals surface area contributed by atoms with Gasteiger partial charge in [-0.1, -0.05) is 22.0 Å². The summed E-state index contributed by atoms with van der Waals surface area (Å²) in [7, 11) is 0. The van der Waals surface area contributed by atoms with Crippen LogP contribution in [-0.4, -0.2) is 28.3 Å². The van der Waals surface area contributed by atoms with E-state index in [1.54, 1.807) is 4.90 Å². The van der Waals surface area contributed by atoms with E-state index in [1.165, 1.54) is 6.33 Å². The number of aromatic nitrogens is 2. The molecule has 0 bridgehead atoms. The molecule has 24 heavy (non-hydrogen) atoms. The summed E-state index contributed by atoms with van der Waals surface area (Å²) in [4.78, 5) is 34.4. The zero-order valence-electron chi connectivity index (χ0n) is 13.2. The van der Waals surface area contributed by atoms with Gasteiger partial charge in [-0.2, -0.15) is 0 Å². The van der Waals surface area contributed by atoms with Crippen LogP contribution in [0, 0.1) is 12.8 Å². The van der Waals surface area contributed by atoms with Crippen LogP contribution in [0.5, 0.6) is 0 Å². The maximum absolute atomic E-state index is 12.4. The van der Waals surface area contributed by atoms with Crippen molar-refractivity contribution in [1.82, 2.24) is 15.3 Å². The highest BCUT2D eigenvalue weighted by molar-refractivity contribution is 9.10. The number of halogens is 1. The molecule has 7 heteroatoms.